The maximum absolute atomic E-state index is 13.0. The minimum absolute atomic E-state index is 0.0897. The zero-order chi connectivity index (χ0) is 28.6. The summed E-state index contributed by atoms with van der Waals surface area (Å²) in [5.74, 6) is -0.930. The first-order valence-electron chi connectivity index (χ1n) is 12.9. The molecule has 1 amide bonds. The van der Waals surface area contributed by atoms with Crippen LogP contribution in [0.25, 0.3) is 23.0 Å². The van der Waals surface area contributed by atoms with Crippen LogP contribution in [0.5, 0.6) is 5.75 Å². The number of carboxylic acids is 1. The quantitative estimate of drug-likeness (QED) is 0.239. The van der Waals surface area contributed by atoms with Crippen molar-refractivity contribution in [1.82, 2.24) is 14.7 Å². The van der Waals surface area contributed by atoms with Crippen LogP contribution >= 0.6 is 0 Å². The number of fused-ring (bicyclic) bond motifs is 1. The number of ether oxygens (including phenoxy) is 1. The second kappa shape index (κ2) is 12.7. The van der Waals surface area contributed by atoms with E-state index in [1.54, 1.807) is 18.2 Å². The standard InChI is InChI=1S/C31H30N4O5/c1-20(2)40-28-11-9-24(17-25(28)18-32)31(39)33-26(13-15-36)16-21-5-7-22(8-6-21)27-19-35-14-3-4-23(30(35)34-27)10-12-29(37)38/h3-12,14,17,19-20,26,36H,13,15-16H2,1-2H3,(H,33,39)(H,37,38)/b12-10+/t26-/m1/s1. The fourth-order valence-electron chi connectivity index (χ4n) is 4.33. The smallest absolute Gasteiger partial charge is 0.328 e. The number of rotatable bonds is 11. The van der Waals surface area contributed by atoms with Crippen molar-refractivity contribution in [3.05, 3.63) is 95.3 Å². The van der Waals surface area contributed by atoms with Crippen molar-refractivity contribution in [2.45, 2.75) is 38.8 Å². The number of nitrogens with one attached hydrogen (secondary N) is 1. The number of carbonyl (C=O) groups excluding carboxylic acids is 1. The van der Waals surface area contributed by atoms with E-state index in [4.69, 9.17) is 9.84 Å². The molecule has 0 spiro atoms. The second-order valence-corrected chi connectivity index (χ2v) is 9.57. The Hall–Kier alpha value is -4.94. The van der Waals surface area contributed by atoms with Gasteiger partial charge < -0.3 is 24.7 Å². The fraction of sp³-hybridized carbons (Fsp3) is 0.226. The lowest BCUT2D eigenvalue weighted by Crippen LogP contribution is -2.37. The zero-order valence-electron chi connectivity index (χ0n) is 22.2. The van der Waals surface area contributed by atoms with Crippen molar-refractivity contribution < 1.29 is 24.5 Å². The molecule has 2 aromatic carbocycles. The molecule has 0 aliphatic carbocycles. The predicted molar refractivity (Wildman–Crippen MR) is 151 cm³/mol. The zero-order valence-corrected chi connectivity index (χ0v) is 22.2. The molecule has 4 aromatic rings. The van der Waals surface area contributed by atoms with Crippen LogP contribution in [0.2, 0.25) is 0 Å². The lowest BCUT2D eigenvalue weighted by molar-refractivity contribution is -0.131. The Morgan fingerprint density at radius 3 is 2.62 bits per heavy atom. The van der Waals surface area contributed by atoms with E-state index in [1.165, 1.54) is 12.1 Å². The normalized spacial score (nSPS) is 12.0. The van der Waals surface area contributed by atoms with Gasteiger partial charge in [0.15, 0.2) is 0 Å². The number of nitriles is 1. The Balaban J connectivity index is 1.48. The molecule has 0 aliphatic heterocycles. The lowest BCUT2D eigenvalue weighted by Gasteiger charge is -2.19. The van der Waals surface area contributed by atoms with Gasteiger partial charge >= 0.3 is 5.97 Å². The third-order valence-electron chi connectivity index (χ3n) is 6.19. The number of hydrogen-bond donors (Lipinski definition) is 3. The molecule has 1 atom stereocenters. The molecule has 4 rings (SSSR count). The highest BCUT2D eigenvalue weighted by atomic mass is 16.5. The Morgan fingerprint density at radius 1 is 1.18 bits per heavy atom. The van der Waals surface area contributed by atoms with Crippen molar-refractivity contribution in [2.75, 3.05) is 6.61 Å². The third kappa shape index (κ3) is 6.92. The average molecular weight is 539 g/mol. The number of aliphatic carboxylic acids is 1. The van der Waals surface area contributed by atoms with Gasteiger partial charge in [-0.1, -0.05) is 24.3 Å². The molecule has 0 bridgehead atoms. The molecule has 0 fully saturated rings. The van der Waals surface area contributed by atoms with Crippen LogP contribution in [-0.4, -0.2) is 50.2 Å². The summed E-state index contributed by atoms with van der Waals surface area (Å²) in [5.41, 5.74) is 4.56. The molecule has 0 aliphatic rings. The SMILES string of the molecule is CC(C)Oc1ccc(C(=O)N[C@H](CCO)Cc2ccc(-c3cn4cccc(/C=C/C(=O)O)c4n3)cc2)cc1C#N. The Labute approximate surface area is 232 Å². The third-order valence-corrected chi connectivity index (χ3v) is 6.19. The summed E-state index contributed by atoms with van der Waals surface area (Å²) < 4.78 is 7.48. The monoisotopic (exact) mass is 538 g/mol. The molecule has 0 saturated heterocycles. The van der Waals surface area contributed by atoms with E-state index in [-0.39, 0.29) is 30.2 Å². The number of amides is 1. The molecule has 2 heterocycles. The highest BCUT2D eigenvalue weighted by Gasteiger charge is 2.17. The van der Waals surface area contributed by atoms with Crippen LogP contribution in [0, 0.1) is 11.3 Å². The van der Waals surface area contributed by atoms with Gasteiger partial charge in [0, 0.05) is 47.8 Å². The van der Waals surface area contributed by atoms with Crippen molar-refractivity contribution in [1.29, 1.82) is 5.26 Å². The molecule has 3 N–H and O–H groups in total. The van der Waals surface area contributed by atoms with Gasteiger partial charge in [0.25, 0.3) is 5.91 Å². The van der Waals surface area contributed by atoms with Crippen LogP contribution < -0.4 is 10.1 Å². The van der Waals surface area contributed by atoms with E-state index in [1.807, 2.05) is 61.0 Å². The molecule has 204 valence electrons. The van der Waals surface area contributed by atoms with Crippen molar-refractivity contribution in [2.24, 2.45) is 0 Å². The Morgan fingerprint density at radius 2 is 1.95 bits per heavy atom. The lowest BCUT2D eigenvalue weighted by atomic mass is 10.0. The number of aliphatic hydroxyl groups excluding tert-OH is 1. The van der Waals surface area contributed by atoms with Gasteiger partial charge in [-0.05, 0) is 68.7 Å². The molecule has 9 heteroatoms. The van der Waals surface area contributed by atoms with E-state index < -0.39 is 5.97 Å². The average Bonchev–Trinajstić information content (AvgIpc) is 3.37. The Kier molecular flexibility index (Phi) is 8.94. The number of hydrogen-bond acceptors (Lipinski definition) is 6. The summed E-state index contributed by atoms with van der Waals surface area (Å²) in [6.45, 7) is 3.64. The molecule has 0 radical (unpaired) electrons. The summed E-state index contributed by atoms with van der Waals surface area (Å²) in [6, 6.07) is 17.9. The highest BCUT2D eigenvalue weighted by Crippen LogP contribution is 2.23. The summed E-state index contributed by atoms with van der Waals surface area (Å²) in [7, 11) is 0. The molecule has 40 heavy (non-hydrogen) atoms. The van der Waals surface area contributed by atoms with E-state index in [0.717, 1.165) is 22.9 Å². The van der Waals surface area contributed by atoms with Gasteiger partial charge in [0.2, 0.25) is 0 Å². The number of aromatic nitrogens is 2. The number of benzene rings is 2. The predicted octanol–water partition coefficient (Wildman–Crippen LogP) is 4.48. The van der Waals surface area contributed by atoms with Crippen molar-refractivity contribution >= 4 is 23.6 Å². The van der Waals surface area contributed by atoms with Gasteiger partial charge in [0.1, 0.15) is 17.5 Å². The van der Waals surface area contributed by atoms with Crippen LogP contribution in [-0.2, 0) is 11.2 Å². The minimum atomic E-state index is -1.03. The highest BCUT2D eigenvalue weighted by molar-refractivity contribution is 5.95. The minimum Gasteiger partial charge on any atom is -0.490 e. The van der Waals surface area contributed by atoms with E-state index in [2.05, 4.69) is 16.4 Å². The van der Waals surface area contributed by atoms with Gasteiger partial charge in [-0.25, -0.2) is 9.78 Å². The van der Waals surface area contributed by atoms with Crippen LogP contribution in [0.3, 0.4) is 0 Å². The summed E-state index contributed by atoms with van der Waals surface area (Å²) >= 11 is 0. The number of imidazole rings is 1. The molecular weight excluding hydrogens is 508 g/mol. The number of nitrogens with zero attached hydrogens (tertiary/aromatic N) is 3. The maximum Gasteiger partial charge on any atom is 0.328 e. The molecule has 2 aromatic heterocycles. The van der Waals surface area contributed by atoms with E-state index >= 15 is 0 Å². The number of carbonyl (C=O) groups is 2. The van der Waals surface area contributed by atoms with E-state index in [9.17, 15) is 20.0 Å². The Bertz CT molecular complexity index is 1580. The molecule has 0 unspecified atom stereocenters. The topological polar surface area (TPSA) is 137 Å². The van der Waals surface area contributed by atoms with Crippen molar-refractivity contribution in [3.63, 3.8) is 0 Å². The summed E-state index contributed by atoms with van der Waals surface area (Å²) in [4.78, 5) is 28.6. The summed E-state index contributed by atoms with van der Waals surface area (Å²) in [6.07, 6.45) is 7.10. The van der Waals surface area contributed by atoms with Gasteiger partial charge in [-0.2, -0.15) is 5.26 Å². The number of carboxylic acid groups (broad SMARTS) is 1. The van der Waals surface area contributed by atoms with E-state index in [0.29, 0.717) is 35.4 Å². The van der Waals surface area contributed by atoms with Gasteiger partial charge in [-0.3, -0.25) is 4.79 Å². The van der Waals surface area contributed by atoms with Gasteiger partial charge in [0.05, 0.1) is 17.4 Å². The van der Waals surface area contributed by atoms with Gasteiger partial charge in [-0.15, -0.1) is 0 Å². The maximum atomic E-state index is 13.0. The van der Waals surface area contributed by atoms with Crippen LogP contribution in [0.4, 0.5) is 0 Å². The second-order valence-electron chi connectivity index (χ2n) is 9.57. The number of aliphatic hydroxyl groups is 1. The molecule has 9 nitrogen and oxygen atoms in total. The summed E-state index contributed by atoms with van der Waals surface area (Å²) in [5, 5.41) is 31.0. The number of pyridine rings is 1. The first kappa shape index (κ1) is 28.1. The first-order chi connectivity index (χ1) is 19.3. The van der Waals surface area contributed by atoms with Crippen molar-refractivity contribution in [3.8, 4) is 23.1 Å². The largest absolute Gasteiger partial charge is 0.490 e. The van der Waals surface area contributed by atoms with Crippen LogP contribution in [0.1, 0.15) is 47.3 Å². The van der Waals surface area contributed by atoms with Crippen LogP contribution in [0.15, 0.2) is 73.1 Å². The fourth-order valence-corrected chi connectivity index (χ4v) is 4.33. The first-order valence-corrected chi connectivity index (χ1v) is 12.9. The molecule has 0 saturated carbocycles. The molecular formula is C31H30N4O5.